The number of nitrogens with one attached hydrogen (secondary N) is 1. The molecule has 3 heteroatoms. The van der Waals surface area contributed by atoms with Crippen molar-refractivity contribution in [2.24, 2.45) is 11.8 Å². The van der Waals surface area contributed by atoms with Gasteiger partial charge in [-0.05, 0) is 49.9 Å². The topological polar surface area (TPSA) is 15.3 Å². The average molecular weight is 294 g/mol. The molecule has 120 valence electrons. The van der Waals surface area contributed by atoms with Crippen molar-refractivity contribution in [1.29, 1.82) is 0 Å². The fraction of sp³-hybridized carbons (Fsp3) is 0.667. The second-order valence-electron chi connectivity index (χ2n) is 6.95. The van der Waals surface area contributed by atoms with Gasteiger partial charge in [-0.25, -0.2) is 4.39 Å². The molecule has 0 saturated heterocycles. The Hall–Kier alpha value is -1.09. The number of anilines is 1. The van der Waals surface area contributed by atoms with Crippen LogP contribution in [0.1, 0.15) is 47.1 Å². The Bertz CT molecular complexity index is 427. The van der Waals surface area contributed by atoms with E-state index in [0.717, 1.165) is 25.2 Å². The Labute approximate surface area is 129 Å². The van der Waals surface area contributed by atoms with E-state index in [0.29, 0.717) is 23.6 Å². The molecule has 0 aliphatic rings. The molecule has 2 nitrogen and oxygen atoms in total. The van der Waals surface area contributed by atoms with Crippen LogP contribution in [0.4, 0.5) is 10.1 Å². The monoisotopic (exact) mass is 294 g/mol. The summed E-state index contributed by atoms with van der Waals surface area (Å²) in [6.45, 7) is 15.4. The van der Waals surface area contributed by atoms with E-state index in [4.69, 9.17) is 0 Å². The Morgan fingerprint density at radius 2 is 1.71 bits per heavy atom. The highest BCUT2D eigenvalue weighted by atomic mass is 19.1. The van der Waals surface area contributed by atoms with Gasteiger partial charge in [-0.2, -0.15) is 0 Å². The van der Waals surface area contributed by atoms with E-state index in [9.17, 15) is 4.39 Å². The van der Waals surface area contributed by atoms with Crippen molar-refractivity contribution in [2.75, 3.05) is 18.0 Å². The second-order valence-corrected chi connectivity index (χ2v) is 6.95. The number of hydrogen-bond acceptors (Lipinski definition) is 2. The smallest absolute Gasteiger partial charge is 0.146 e. The third-order valence-corrected chi connectivity index (χ3v) is 3.39. The zero-order chi connectivity index (χ0) is 16.0. The maximum absolute atomic E-state index is 14.4. The number of benzene rings is 1. The first-order valence-corrected chi connectivity index (χ1v) is 8.07. The van der Waals surface area contributed by atoms with Gasteiger partial charge < -0.3 is 10.2 Å². The minimum absolute atomic E-state index is 0.117. The van der Waals surface area contributed by atoms with Crippen LogP contribution in [0.2, 0.25) is 0 Å². The van der Waals surface area contributed by atoms with Crippen molar-refractivity contribution in [3.05, 3.63) is 29.6 Å². The Morgan fingerprint density at radius 3 is 2.19 bits per heavy atom. The Balaban J connectivity index is 2.80. The van der Waals surface area contributed by atoms with Gasteiger partial charge in [0, 0.05) is 19.1 Å². The predicted molar refractivity (Wildman–Crippen MR) is 90.3 cm³/mol. The molecule has 0 fully saturated rings. The van der Waals surface area contributed by atoms with Crippen LogP contribution in [0.5, 0.6) is 0 Å². The Morgan fingerprint density at radius 1 is 1.05 bits per heavy atom. The van der Waals surface area contributed by atoms with E-state index >= 15 is 0 Å². The lowest BCUT2D eigenvalue weighted by Crippen LogP contribution is -2.34. The van der Waals surface area contributed by atoms with Crippen molar-refractivity contribution in [3.8, 4) is 0 Å². The number of hydrogen-bond donors (Lipinski definition) is 1. The highest BCUT2D eigenvalue weighted by molar-refractivity contribution is 5.50. The third kappa shape index (κ3) is 6.04. The predicted octanol–water partition coefficient (Wildman–Crippen LogP) is 4.44. The highest BCUT2D eigenvalue weighted by Gasteiger charge is 2.16. The fourth-order valence-electron chi connectivity index (χ4n) is 2.38. The van der Waals surface area contributed by atoms with Crippen LogP contribution in [0.3, 0.4) is 0 Å². The summed E-state index contributed by atoms with van der Waals surface area (Å²) in [5.41, 5.74) is 1.72. The SMILES string of the molecule is CC(C)CNCc1ccc(N(CC(C)C)C(C)C)c(F)c1. The third-order valence-electron chi connectivity index (χ3n) is 3.39. The van der Waals surface area contributed by atoms with Crippen molar-refractivity contribution in [3.63, 3.8) is 0 Å². The normalized spacial score (nSPS) is 11.7. The second kappa shape index (κ2) is 8.38. The van der Waals surface area contributed by atoms with Gasteiger partial charge in [-0.3, -0.25) is 0 Å². The average Bonchev–Trinajstić information content (AvgIpc) is 2.35. The van der Waals surface area contributed by atoms with E-state index in [1.165, 1.54) is 0 Å². The highest BCUT2D eigenvalue weighted by Crippen LogP contribution is 2.23. The van der Waals surface area contributed by atoms with Crippen LogP contribution in [0.25, 0.3) is 0 Å². The van der Waals surface area contributed by atoms with Gasteiger partial charge in [-0.1, -0.05) is 33.8 Å². The molecule has 0 bridgehead atoms. The Kier molecular flexibility index (Phi) is 7.16. The van der Waals surface area contributed by atoms with E-state index in [2.05, 4.69) is 51.8 Å². The van der Waals surface area contributed by atoms with E-state index in [1.807, 2.05) is 12.1 Å². The zero-order valence-electron chi connectivity index (χ0n) is 14.4. The molecular weight excluding hydrogens is 263 g/mol. The molecule has 1 aromatic rings. The molecule has 0 saturated carbocycles. The standard InChI is InChI=1S/C18H31FN2/c1-13(2)10-20-11-16-7-8-18(17(19)9-16)21(15(5)6)12-14(3)4/h7-9,13-15,20H,10-12H2,1-6H3. The first kappa shape index (κ1) is 18.0. The molecule has 1 aromatic carbocycles. The minimum Gasteiger partial charge on any atom is -0.366 e. The van der Waals surface area contributed by atoms with Gasteiger partial charge >= 0.3 is 0 Å². The molecule has 0 aliphatic heterocycles. The summed E-state index contributed by atoms with van der Waals surface area (Å²) in [4.78, 5) is 2.14. The van der Waals surface area contributed by atoms with Crippen molar-refractivity contribution in [2.45, 2.75) is 54.1 Å². The molecule has 0 radical (unpaired) electrons. The molecule has 0 atom stereocenters. The number of nitrogens with zero attached hydrogens (tertiary/aromatic N) is 1. The minimum atomic E-state index is -0.117. The lowest BCUT2D eigenvalue weighted by molar-refractivity contribution is 0.542. The lowest BCUT2D eigenvalue weighted by Gasteiger charge is -2.31. The van der Waals surface area contributed by atoms with Crippen LogP contribution < -0.4 is 10.2 Å². The van der Waals surface area contributed by atoms with Gasteiger partial charge in [0.05, 0.1) is 5.69 Å². The van der Waals surface area contributed by atoms with Crippen LogP contribution >= 0.6 is 0 Å². The van der Waals surface area contributed by atoms with Crippen molar-refractivity contribution < 1.29 is 4.39 Å². The summed E-state index contributed by atoms with van der Waals surface area (Å²) < 4.78 is 14.4. The largest absolute Gasteiger partial charge is 0.366 e. The fourth-order valence-corrected chi connectivity index (χ4v) is 2.38. The van der Waals surface area contributed by atoms with Gasteiger partial charge in [0.25, 0.3) is 0 Å². The molecule has 1 rings (SSSR count). The number of halogens is 1. The first-order valence-electron chi connectivity index (χ1n) is 8.07. The maximum Gasteiger partial charge on any atom is 0.146 e. The van der Waals surface area contributed by atoms with Crippen LogP contribution in [0, 0.1) is 17.7 Å². The summed E-state index contributed by atoms with van der Waals surface area (Å²) in [5, 5.41) is 3.35. The van der Waals surface area contributed by atoms with Crippen molar-refractivity contribution >= 4 is 5.69 Å². The number of rotatable bonds is 8. The summed E-state index contributed by atoms with van der Waals surface area (Å²) in [6, 6.07) is 5.91. The summed E-state index contributed by atoms with van der Waals surface area (Å²) in [5.74, 6) is 1.00. The molecule has 0 heterocycles. The van der Waals surface area contributed by atoms with Gasteiger partial charge in [0.1, 0.15) is 5.82 Å². The molecule has 0 aromatic heterocycles. The van der Waals surface area contributed by atoms with Crippen LogP contribution in [0.15, 0.2) is 18.2 Å². The summed E-state index contributed by atoms with van der Waals surface area (Å²) >= 11 is 0. The van der Waals surface area contributed by atoms with Crippen molar-refractivity contribution in [1.82, 2.24) is 5.32 Å². The quantitative estimate of drug-likeness (QED) is 0.762. The molecule has 0 aliphatic carbocycles. The van der Waals surface area contributed by atoms with Gasteiger partial charge in [0.2, 0.25) is 0 Å². The first-order chi connectivity index (χ1) is 9.81. The van der Waals surface area contributed by atoms with Crippen LogP contribution in [-0.2, 0) is 6.54 Å². The lowest BCUT2D eigenvalue weighted by atomic mass is 10.1. The molecule has 0 unspecified atom stereocenters. The molecule has 0 spiro atoms. The van der Waals surface area contributed by atoms with Gasteiger partial charge in [0.15, 0.2) is 0 Å². The van der Waals surface area contributed by atoms with E-state index < -0.39 is 0 Å². The molecule has 0 amide bonds. The van der Waals surface area contributed by atoms with Gasteiger partial charge in [-0.15, -0.1) is 0 Å². The molecule has 1 N–H and O–H groups in total. The zero-order valence-corrected chi connectivity index (χ0v) is 14.4. The molecule has 21 heavy (non-hydrogen) atoms. The summed E-state index contributed by atoms with van der Waals surface area (Å²) in [6.07, 6.45) is 0. The van der Waals surface area contributed by atoms with E-state index in [1.54, 1.807) is 6.07 Å². The molecular formula is C18H31FN2. The maximum atomic E-state index is 14.4. The van der Waals surface area contributed by atoms with Crippen LogP contribution in [-0.4, -0.2) is 19.1 Å². The summed E-state index contributed by atoms with van der Waals surface area (Å²) in [7, 11) is 0. The van der Waals surface area contributed by atoms with E-state index in [-0.39, 0.29) is 5.82 Å².